The molecule has 1 aliphatic rings. The van der Waals surface area contributed by atoms with Crippen LogP contribution in [-0.4, -0.2) is 53.0 Å². The Bertz CT molecular complexity index is 961. The van der Waals surface area contributed by atoms with Crippen molar-refractivity contribution in [3.05, 3.63) is 59.0 Å². The third-order valence-corrected chi connectivity index (χ3v) is 5.63. The molecule has 0 spiro atoms. The minimum atomic E-state index is 0.100. The van der Waals surface area contributed by atoms with E-state index in [-0.39, 0.29) is 5.91 Å². The normalized spacial score (nSPS) is 15.6. The van der Waals surface area contributed by atoms with Crippen LogP contribution >= 0.6 is 0 Å². The number of benzene rings is 1. The van der Waals surface area contributed by atoms with Crippen LogP contribution in [0.3, 0.4) is 0 Å². The first kappa shape index (κ1) is 17.9. The van der Waals surface area contributed by atoms with E-state index >= 15 is 0 Å². The van der Waals surface area contributed by atoms with Crippen LogP contribution in [0, 0.1) is 13.8 Å². The predicted molar refractivity (Wildman–Crippen MR) is 107 cm³/mol. The molecule has 142 valence electrons. The number of likely N-dealkylation sites (N-methyl/N-ethyl adjacent to an activating group) is 1. The zero-order valence-electron chi connectivity index (χ0n) is 16.4. The number of carbonyl (C=O) groups excluding carboxylic acids is 1. The highest BCUT2D eigenvalue weighted by Gasteiger charge is 2.26. The Balaban J connectivity index is 1.69. The molecule has 5 heteroatoms. The third kappa shape index (κ3) is 3.39. The highest BCUT2D eigenvalue weighted by Crippen LogP contribution is 2.26. The first-order valence-corrected chi connectivity index (χ1v) is 9.72. The van der Waals surface area contributed by atoms with E-state index in [2.05, 4.69) is 41.5 Å². The van der Waals surface area contributed by atoms with Gasteiger partial charge in [-0.15, -0.1) is 0 Å². The molecule has 1 aliphatic heterocycles. The lowest BCUT2D eigenvalue weighted by Gasteiger charge is -2.34. The molecule has 5 nitrogen and oxygen atoms in total. The lowest BCUT2D eigenvalue weighted by molar-refractivity contribution is 0.0633. The smallest absolute Gasteiger partial charge is 0.270 e. The molecule has 0 atom stereocenters. The molecule has 2 aromatic heterocycles. The van der Waals surface area contributed by atoms with Crippen molar-refractivity contribution in [3.63, 3.8) is 0 Å². The summed E-state index contributed by atoms with van der Waals surface area (Å²) in [5, 5.41) is 0. The van der Waals surface area contributed by atoms with E-state index in [1.165, 1.54) is 11.1 Å². The number of fused-ring (bicyclic) bond motifs is 1. The van der Waals surface area contributed by atoms with Gasteiger partial charge in [0, 0.05) is 44.9 Å². The van der Waals surface area contributed by atoms with Crippen molar-refractivity contribution in [1.29, 1.82) is 0 Å². The highest BCUT2D eigenvalue weighted by atomic mass is 16.3. The minimum absolute atomic E-state index is 0.100. The second kappa shape index (κ2) is 7.24. The van der Waals surface area contributed by atoms with E-state index in [1.54, 1.807) is 0 Å². The van der Waals surface area contributed by atoms with Crippen LogP contribution in [0.5, 0.6) is 0 Å². The van der Waals surface area contributed by atoms with Crippen molar-refractivity contribution >= 4 is 17.0 Å². The molecule has 27 heavy (non-hydrogen) atoms. The number of furan rings is 1. The Labute approximate surface area is 160 Å². The topological polar surface area (TPSA) is 41.6 Å². The number of carbonyl (C=O) groups is 1. The monoisotopic (exact) mass is 365 g/mol. The molecule has 0 unspecified atom stereocenters. The maximum Gasteiger partial charge on any atom is 0.270 e. The summed E-state index contributed by atoms with van der Waals surface area (Å²) in [6.07, 6.45) is 0. The van der Waals surface area contributed by atoms with Crippen LogP contribution in [-0.2, 0) is 6.54 Å². The van der Waals surface area contributed by atoms with Gasteiger partial charge in [-0.05, 0) is 31.5 Å². The Morgan fingerprint density at radius 3 is 2.52 bits per heavy atom. The zero-order valence-corrected chi connectivity index (χ0v) is 16.4. The van der Waals surface area contributed by atoms with Crippen molar-refractivity contribution in [1.82, 2.24) is 14.4 Å². The fourth-order valence-corrected chi connectivity index (χ4v) is 3.90. The molecule has 0 bridgehead atoms. The van der Waals surface area contributed by atoms with Crippen LogP contribution in [0.2, 0.25) is 0 Å². The largest absolute Gasteiger partial charge is 0.460 e. The molecule has 1 fully saturated rings. The predicted octanol–water partition coefficient (Wildman–Crippen LogP) is 3.68. The number of hydrogen-bond acceptors (Lipinski definition) is 3. The first-order chi connectivity index (χ1) is 13.1. The van der Waals surface area contributed by atoms with E-state index < -0.39 is 0 Å². The Morgan fingerprint density at radius 2 is 1.81 bits per heavy atom. The number of aryl methyl sites for hydroxylation is 2. The number of nitrogens with zero attached hydrogens (tertiary/aromatic N) is 3. The van der Waals surface area contributed by atoms with Gasteiger partial charge in [-0.3, -0.25) is 4.79 Å². The summed E-state index contributed by atoms with van der Waals surface area (Å²) >= 11 is 0. The van der Waals surface area contributed by atoms with Gasteiger partial charge in [-0.2, -0.15) is 0 Å². The van der Waals surface area contributed by atoms with Gasteiger partial charge in [-0.25, -0.2) is 0 Å². The summed E-state index contributed by atoms with van der Waals surface area (Å²) in [6.45, 7) is 11.4. The van der Waals surface area contributed by atoms with Crippen molar-refractivity contribution in [3.8, 4) is 0 Å². The number of rotatable bonds is 4. The van der Waals surface area contributed by atoms with Crippen molar-refractivity contribution in [2.45, 2.75) is 27.3 Å². The van der Waals surface area contributed by atoms with Gasteiger partial charge in [0.15, 0.2) is 5.58 Å². The average Bonchev–Trinajstić information content (AvgIpc) is 3.20. The molecule has 1 saturated heterocycles. The summed E-state index contributed by atoms with van der Waals surface area (Å²) in [5.74, 6) is 0.970. The third-order valence-electron chi connectivity index (χ3n) is 5.63. The van der Waals surface area contributed by atoms with Gasteiger partial charge >= 0.3 is 0 Å². The first-order valence-electron chi connectivity index (χ1n) is 9.72. The van der Waals surface area contributed by atoms with Crippen LogP contribution in [0.1, 0.15) is 34.3 Å². The second-order valence-electron chi connectivity index (χ2n) is 7.38. The molecular formula is C22H27N3O2. The second-order valence-corrected chi connectivity index (χ2v) is 7.38. The van der Waals surface area contributed by atoms with E-state index in [1.807, 2.05) is 30.0 Å². The van der Waals surface area contributed by atoms with Crippen LogP contribution in [0.4, 0.5) is 0 Å². The van der Waals surface area contributed by atoms with E-state index in [0.717, 1.165) is 55.3 Å². The summed E-state index contributed by atoms with van der Waals surface area (Å²) in [4.78, 5) is 17.6. The van der Waals surface area contributed by atoms with Crippen LogP contribution in [0.15, 0.2) is 40.8 Å². The number of piperazine rings is 1. The fraction of sp³-hybridized carbons (Fsp3) is 0.409. The van der Waals surface area contributed by atoms with Gasteiger partial charge in [0.25, 0.3) is 5.91 Å². The summed E-state index contributed by atoms with van der Waals surface area (Å²) < 4.78 is 7.94. The minimum Gasteiger partial charge on any atom is -0.460 e. The molecule has 0 N–H and O–H groups in total. The fourth-order valence-electron chi connectivity index (χ4n) is 3.90. The molecular weight excluding hydrogens is 338 g/mol. The van der Waals surface area contributed by atoms with Gasteiger partial charge in [-0.1, -0.05) is 31.2 Å². The Kier molecular flexibility index (Phi) is 4.79. The van der Waals surface area contributed by atoms with E-state index in [9.17, 15) is 4.79 Å². The van der Waals surface area contributed by atoms with Gasteiger partial charge in [0.05, 0.1) is 5.52 Å². The van der Waals surface area contributed by atoms with Crippen LogP contribution < -0.4 is 0 Å². The molecule has 0 radical (unpaired) electrons. The maximum atomic E-state index is 13.3. The quantitative estimate of drug-likeness (QED) is 0.708. The molecule has 4 rings (SSSR count). The van der Waals surface area contributed by atoms with E-state index in [0.29, 0.717) is 6.54 Å². The van der Waals surface area contributed by atoms with Gasteiger partial charge in [0.2, 0.25) is 0 Å². The molecule has 0 aliphatic carbocycles. The lowest BCUT2D eigenvalue weighted by Crippen LogP contribution is -2.48. The molecule has 1 aromatic carbocycles. The summed E-state index contributed by atoms with van der Waals surface area (Å²) in [6, 6.07) is 12.3. The lowest BCUT2D eigenvalue weighted by atomic mass is 10.1. The average molecular weight is 365 g/mol. The van der Waals surface area contributed by atoms with Crippen molar-refractivity contribution < 1.29 is 9.21 Å². The number of hydrogen-bond donors (Lipinski definition) is 0. The molecule has 3 aromatic rings. The molecule has 1 amide bonds. The Hall–Kier alpha value is -2.53. The number of aromatic nitrogens is 1. The Morgan fingerprint density at radius 1 is 1.07 bits per heavy atom. The number of amides is 1. The van der Waals surface area contributed by atoms with Crippen LogP contribution in [0.25, 0.3) is 11.1 Å². The highest BCUT2D eigenvalue weighted by molar-refractivity contribution is 5.97. The summed E-state index contributed by atoms with van der Waals surface area (Å²) in [5.41, 5.74) is 4.95. The molecule has 0 saturated carbocycles. The molecule has 3 heterocycles. The maximum absolute atomic E-state index is 13.3. The SMILES string of the molecule is CCN1CCN(C(=O)c2cc3oc(C)cc3n2Cc2ccccc2C)CC1. The van der Waals surface area contributed by atoms with Crippen molar-refractivity contribution in [2.24, 2.45) is 0 Å². The van der Waals surface area contributed by atoms with Gasteiger partial charge < -0.3 is 18.8 Å². The van der Waals surface area contributed by atoms with E-state index in [4.69, 9.17) is 4.42 Å². The zero-order chi connectivity index (χ0) is 19.0. The summed E-state index contributed by atoms with van der Waals surface area (Å²) in [7, 11) is 0. The van der Waals surface area contributed by atoms with Crippen molar-refractivity contribution in [2.75, 3.05) is 32.7 Å². The standard InChI is InChI=1S/C22H27N3O2/c1-4-23-9-11-24(12-10-23)22(26)20-14-21-19(13-17(3)27-21)25(20)15-18-8-6-5-7-16(18)2/h5-8,13-14H,4,9-12,15H2,1-3H3. The van der Waals surface area contributed by atoms with Gasteiger partial charge in [0.1, 0.15) is 11.5 Å².